The number of benzene rings is 3. The first kappa shape index (κ1) is 23.8. The van der Waals surface area contributed by atoms with E-state index >= 15 is 0 Å². The minimum atomic E-state index is 0.484. The molecule has 174 valence electrons. The summed E-state index contributed by atoms with van der Waals surface area (Å²) in [4.78, 5) is 0. The molecule has 0 spiro atoms. The molecule has 0 N–H and O–H groups in total. The Balaban J connectivity index is 2.05. The molecule has 0 atom stereocenters. The first-order chi connectivity index (χ1) is 15.9. The molecule has 0 heteroatoms. The minimum Gasteiger partial charge on any atom is -0.0622 e. The zero-order valence-electron chi connectivity index (χ0n) is 21.6. The third-order valence-corrected chi connectivity index (χ3v) is 7.61. The highest BCUT2D eigenvalue weighted by atomic mass is 14.3. The third kappa shape index (κ3) is 4.96. The lowest BCUT2D eigenvalue weighted by Gasteiger charge is -2.29. The van der Waals surface area contributed by atoms with Crippen molar-refractivity contribution in [1.29, 1.82) is 0 Å². The summed E-state index contributed by atoms with van der Waals surface area (Å²) in [5.74, 6) is 2.18. The van der Waals surface area contributed by atoms with Gasteiger partial charge < -0.3 is 0 Å². The van der Waals surface area contributed by atoms with E-state index in [4.69, 9.17) is 0 Å². The fourth-order valence-electron chi connectivity index (χ4n) is 5.73. The Morgan fingerprint density at radius 3 is 1.76 bits per heavy atom. The van der Waals surface area contributed by atoms with E-state index in [0.29, 0.717) is 23.7 Å². The second kappa shape index (κ2) is 10.3. The van der Waals surface area contributed by atoms with Crippen LogP contribution < -0.4 is 0 Å². The summed E-state index contributed by atoms with van der Waals surface area (Å²) in [5, 5.41) is 0. The summed E-state index contributed by atoms with van der Waals surface area (Å²) in [6.45, 7) is 14.1. The van der Waals surface area contributed by atoms with E-state index in [0.717, 1.165) is 0 Å². The van der Waals surface area contributed by atoms with Crippen molar-refractivity contribution in [2.24, 2.45) is 0 Å². The fourth-order valence-corrected chi connectivity index (χ4v) is 5.73. The van der Waals surface area contributed by atoms with Gasteiger partial charge in [-0.15, -0.1) is 0 Å². The van der Waals surface area contributed by atoms with Crippen LogP contribution in [0.15, 0.2) is 60.7 Å². The SMILES string of the molecule is CC(C)c1cc(C(C)C)c(-c2cccc(C3CCCCC3)c2-c2ccccc2)c(C(C)C)c1. The van der Waals surface area contributed by atoms with Crippen LogP contribution in [0.1, 0.15) is 120 Å². The van der Waals surface area contributed by atoms with E-state index in [2.05, 4.69) is 102 Å². The Bertz CT molecular complexity index is 1030. The van der Waals surface area contributed by atoms with E-state index in [1.165, 1.54) is 71.0 Å². The highest BCUT2D eigenvalue weighted by molar-refractivity contribution is 5.89. The Kier molecular flexibility index (Phi) is 7.42. The zero-order chi connectivity index (χ0) is 23.5. The molecule has 4 rings (SSSR count). The van der Waals surface area contributed by atoms with E-state index in [-0.39, 0.29) is 0 Å². The molecule has 0 amide bonds. The largest absolute Gasteiger partial charge is 0.0622 e. The first-order valence-corrected chi connectivity index (χ1v) is 13.2. The summed E-state index contributed by atoms with van der Waals surface area (Å²) >= 11 is 0. The van der Waals surface area contributed by atoms with Crippen LogP contribution in [0.5, 0.6) is 0 Å². The molecule has 0 radical (unpaired) electrons. The summed E-state index contributed by atoms with van der Waals surface area (Å²) < 4.78 is 0. The van der Waals surface area contributed by atoms with Gasteiger partial charge in [0.2, 0.25) is 0 Å². The smallest absolute Gasteiger partial charge is 0.00703 e. The van der Waals surface area contributed by atoms with Crippen LogP contribution in [-0.4, -0.2) is 0 Å². The third-order valence-electron chi connectivity index (χ3n) is 7.61. The van der Waals surface area contributed by atoms with Gasteiger partial charge in [-0.3, -0.25) is 0 Å². The van der Waals surface area contributed by atoms with Gasteiger partial charge in [0.25, 0.3) is 0 Å². The van der Waals surface area contributed by atoms with Gasteiger partial charge in [0.1, 0.15) is 0 Å². The maximum atomic E-state index is 2.50. The normalized spacial score (nSPS) is 15.1. The Morgan fingerprint density at radius 2 is 1.21 bits per heavy atom. The van der Waals surface area contributed by atoms with Crippen molar-refractivity contribution in [3.63, 3.8) is 0 Å². The van der Waals surface area contributed by atoms with Crippen molar-refractivity contribution >= 4 is 0 Å². The van der Waals surface area contributed by atoms with Crippen LogP contribution in [0.4, 0.5) is 0 Å². The minimum absolute atomic E-state index is 0.484. The molecule has 3 aromatic rings. The number of hydrogen-bond acceptors (Lipinski definition) is 0. The van der Waals surface area contributed by atoms with Crippen LogP contribution in [0.2, 0.25) is 0 Å². The van der Waals surface area contributed by atoms with Crippen molar-refractivity contribution in [1.82, 2.24) is 0 Å². The van der Waals surface area contributed by atoms with E-state index in [9.17, 15) is 0 Å². The van der Waals surface area contributed by atoms with Gasteiger partial charge in [-0.1, -0.05) is 121 Å². The summed E-state index contributed by atoms with van der Waals surface area (Å²) in [6.07, 6.45) is 6.76. The van der Waals surface area contributed by atoms with E-state index < -0.39 is 0 Å². The van der Waals surface area contributed by atoms with Crippen molar-refractivity contribution in [2.45, 2.75) is 97.3 Å². The molecule has 0 nitrogen and oxygen atoms in total. The van der Waals surface area contributed by atoms with Crippen LogP contribution >= 0.6 is 0 Å². The summed E-state index contributed by atoms with van der Waals surface area (Å²) in [6, 6.07) is 23.3. The number of hydrogen-bond donors (Lipinski definition) is 0. The molecule has 3 aromatic carbocycles. The van der Waals surface area contributed by atoms with Crippen LogP contribution in [0.3, 0.4) is 0 Å². The average Bonchev–Trinajstić information content (AvgIpc) is 2.83. The lowest BCUT2D eigenvalue weighted by Crippen LogP contribution is -2.09. The monoisotopic (exact) mass is 438 g/mol. The van der Waals surface area contributed by atoms with Crippen molar-refractivity contribution in [3.05, 3.63) is 82.9 Å². The maximum absolute atomic E-state index is 2.50. The van der Waals surface area contributed by atoms with Crippen molar-refractivity contribution in [3.8, 4) is 22.3 Å². The summed E-state index contributed by atoms with van der Waals surface area (Å²) in [5.41, 5.74) is 11.8. The first-order valence-electron chi connectivity index (χ1n) is 13.2. The molecule has 1 fully saturated rings. The lowest BCUT2D eigenvalue weighted by molar-refractivity contribution is 0.444. The fraction of sp³-hybridized carbons (Fsp3) is 0.455. The second-order valence-corrected chi connectivity index (χ2v) is 11.0. The van der Waals surface area contributed by atoms with Crippen LogP contribution in [-0.2, 0) is 0 Å². The number of rotatable bonds is 6. The molecule has 1 aliphatic carbocycles. The van der Waals surface area contributed by atoms with Gasteiger partial charge in [-0.2, -0.15) is 0 Å². The molecule has 1 aliphatic rings. The Labute approximate surface area is 202 Å². The molecule has 0 saturated heterocycles. The van der Waals surface area contributed by atoms with E-state index in [1.54, 1.807) is 5.56 Å². The van der Waals surface area contributed by atoms with Gasteiger partial charge in [0.05, 0.1) is 0 Å². The van der Waals surface area contributed by atoms with Crippen molar-refractivity contribution in [2.75, 3.05) is 0 Å². The Hall–Kier alpha value is -2.34. The van der Waals surface area contributed by atoms with Gasteiger partial charge in [0.15, 0.2) is 0 Å². The standard InChI is InChI=1S/C33H42/c1-22(2)27-20-30(23(3)4)33(31(21-27)24(5)6)29-19-13-18-28(25-14-9-7-10-15-25)32(29)26-16-11-8-12-17-26/h8,11-13,16-25H,7,9-10,14-15H2,1-6H3. The maximum Gasteiger partial charge on any atom is -0.00703 e. The van der Waals surface area contributed by atoms with Crippen LogP contribution in [0.25, 0.3) is 22.3 Å². The van der Waals surface area contributed by atoms with Crippen LogP contribution in [0, 0.1) is 0 Å². The molecule has 0 aliphatic heterocycles. The summed E-state index contributed by atoms with van der Waals surface area (Å²) in [7, 11) is 0. The Morgan fingerprint density at radius 1 is 0.606 bits per heavy atom. The van der Waals surface area contributed by atoms with Gasteiger partial charge in [0, 0.05) is 0 Å². The molecular formula is C33H42. The van der Waals surface area contributed by atoms with Crippen molar-refractivity contribution < 1.29 is 0 Å². The topological polar surface area (TPSA) is 0 Å². The molecule has 0 heterocycles. The van der Waals surface area contributed by atoms with Gasteiger partial charge in [-0.05, 0) is 81.0 Å². The highest BCUT2D eigenvalue weighted by Gasteiger charge is 2.25. The molecule has 0 bridgehead atoms. The molecule has 33 heavy (non-hydrogen) atoms. The van der Waals surface area contributed by atoms with E-state index in [1.807, 2.05) is 0 Å². The predicted molar refractivity (Wildman–Crippen MR) is 145 cm³/mol. The zero-order valence-corrected chi connectivity index (χ0v) is 21.6. The lowest BCUT2D eigenvalue weighted by atomic mass is 9.75. The highest BCUT2D eigenvalue weighted by Crippen LogP contribution is 2.47. The van der Waals surface area contributed by atoms with Gasteiger partial charge in [-0.25, -0.2) is 0 Å². The molecule has 0 unspecified atom stereocenters. The second-order valence-electron chi connectivity index (χ2n) is 11.0. The molecular weight excluding hydrogens is 396 g/mol. The quantitative estimate of drug-likeness (QED) is 0.359. The predicted octanol–water partition coefficient (Wildman–Crippen LogP) is 10.4. The average molecular weight is 439 g/mol. The van der Waals surface area contributed by atoms with Gasteiger partial charge >= 0.3 is 0 Å². The molecule has 1 saturated carbocycles. The molecule has 0 aromatic heterocycles.